The van der Waals surface area contributed by atoms with Crippen molar-refractivity contribution in [3.63, 3.8) is 0 Å². The van der Waals surface area contributed by atoms with Crippen molar-refractivity contribution in [2.24, 2.45) is 11.7 Å². The number of rotatable bonds is 5. The lowest BCUT2D eigenvalue weighted by Gasteiger charge is -2.34. The Morgan fingerprint density at radius 3 is 3.05 bits per heavy atom. The van der Waals surface area contributed by atoms with E-state index in [1.165, 1.54) is 11.5 Å². The molecule has 7 heteroatoms. The van der Waals surface area contributed by atoms with Crippen molar-refractivity contribution < 1.29 is 14.7 Å². The van der Waals surface area contributed by atoms with E-state index in [9.17, 15) is 9.59 Å². The molecule has 1 fully saturated rings. The number of carbonyl (C=O) groups is 2. The molecule has 3 N–H and O–H groups in total. The van der Waals surface area contributed by atoms with E-state index in [-0.39, 0.29) is 18.2 Å². The highest BCUT2D eigenvalue weighted by molar-refractivity contribution is 7.05. The van der Waals surface area contributed by atoms with Crippen LogP contribution in [0.4, 0.5) is 0 Å². The fraction of sp³-hybridized carbons (Fsp3) is 0.615. The third-order valence-corrected chi connectivity index (χ3v) is 4.46. The van der Waals surface area contributed by atoms with E-state index >= 15 is 0 Å². The first-order valence-corrected chi connectivity index (χ1v) is 7.52. The summed E-state index contributed by atoms with van der Waals surface area (Å²) in [6.45, 7) is 1.31. The number of carbonyl (C=O) groups excluding carboxylic acids is 1. The van der Waals surface area contributed by atoms with Crippen LogP contribution in [0.2, 0.25) is 0 Å². The summed E-state index contributed by atoms with van der Waals surface area (Å²) in [7, 11) is 0. The smallest absolute Gasteiger partial charge is 0.303 e. The van der Waals surface area contributed by atoms with Crippen molar-refractivity contribution in [3.05, 3.63) is 17.1 Å². The van der Waals surface area contributed by atoms with Crippen molar-refractivity contribution in [2.45, 2.75) is 31.7 Å². The van der Waals surface area contributed by atoms with E-state index in [1.807, 2.05) is 0 Å². The lowest BCUT2D eigenvalue weighted by molar-refractivity contribution is -0.137. The van der Waals surface area contributed by atoms with E-state index < -0.39 is 12.0 Å². The summed E-state index contributed by atoms with van der Waals surface area (Å²) in [6.07, 6.45) is 4.31. The molecule has 1 aliphatic heterocycles. The number of aromatic nitrogens is 1. The van der Waals surface area contributed by atoms with Crippen LogP contribution in [0.3, 0.4) is 0 Å². The number of carboxylic acids is 1. The fourth-order valence-corrected chi connectivity index (χ4v) is 3.11. The minimum absolute atomic E-state index is 0.0886. The monoisotopic (exact) mass is 297 g/mol. The van der Waals surface area contributed by atoms with Crippen LogP contribution in [0.25, 0.3) is 0 Å². The van der Waals surface area contributed by atoms with Gasteiger partial charge in [-0.1, -0.05) is 0 Å². The predicted octanol–water partition coefficient (Wildman–Crippen LogP) is 1.25. The predicted molar refractivity (Wildman–Crippen MR) is 75.2 cm³/mol. The highest BCUT2D eigenvalue weighted by atomic mass is 32.1. The number of hydrogen-bond acceptors (Lipinski definition) is 5. The minimum atomic E-state index is -0.783. The lowest BCUT2D eigenvalue weighted by atomic mass is 9.93. The number of piperidine rings is 1. The molecule has 1 aliphatic rings. The molecule has 6 nitrogen and oxygen atoms in total. The van der Waals surface area contributed by atoms with Gasteiger partial charge in [0.1, 0.15) is 6.04 Å². The average molecular weight is 297 g/mol. The molecule has 0 spiro atoms. The highest BCUT2D eigenvalue weighted by Crippen LogP contribution is 2.24. The Morgan fingerprint density at radius 2 is 2.40 bits per heavy atom. The van der Waals surface area contributed by atoms with Gasteiger partial charge >= 0.3 is 5.97 Å². The third-order valence-electron chi connectivity index (χ3n) is 3.63. The molecular formula is C13H19N3O3S. The first kappa shape index (κ1) is 14.9. The second kappa shape index (κ2) is 6.81. The summed E-state index contributed by atoms with van der Waals surface area (Å²) in [5.41, 5.74) is 5.97. The van der Waals surface area contributed by atoms with Gasteiger partial charge in [-0.15, -0.1) is 0 Å². The van der Waals surface area contributed by atoms with Crippen LogP contribution >= 0.6 is 11.5 Å². The summed E-state index contributed by atoms with van der Waals surface area (Å²) in [4.78, 5) is 25.5. The van der Waals surface area contributed by atoms with Gasteiger partial charge in [0.05, 0.1) is 4.88 Å². The van der Waals surface area contributed by atoms with Crippen LogP contribution in [0.5, 0.6) is 0 Å². The van der Waals surface area contributed by atoms with Crippen LogP contribution < -0.4 is 5.73 Å². The number of hydrogen-bond donors (Lipinski definition) is 2. The molecule has 0 aliphatic carbocycles. The molecule has 2 heterocycles. The second-order valence-corrected chi connectivity index (χ2v) is 5.98. The van der Waals surface area contributed by atoms with Gasteiger partial charge in [-0.3, -0.25) is 9.59 Å². The quantitative estimate of drug-likeness (QED) is 0.852. The maximum Gasteiger partial charge on any atom is 0.303 e. The number of nitrogens with zero attached hydrogens (tertiary/aromatic N) is 2. The Bertz CT molecular complexity index is 463. The zero-order valence-electron chi connectivity index (χ0n) is 11.2. The van der Waals surface area contributed by atoms with Crippen LogP contribution in [0.1, 0.15) is 36.6 Å². The van der Waals surface area contributed by atoms with Crippen LogP contribution in [0.15, 0.2) is 12.3 Å². The number of aliphatic carboxylic acids is 1. The van der Waals surface area contributed by atoms with Crippen molar-refractivity contribution in [2.75, 3.05) is 13.1 Å². The Labute approximate surface area is 121 Å². The molecule has 0 saturated carbocycles. The summed E-state index contributed by atoms with van der Waals surface area (Å²) in [6, 6.07) is 1.11. The van der Waals surface area contributed by atoms with Gasteiger partial charge in [0.15, 0.2) is 0 Å². The summed E-state index contributed by atoms with van der Waals surface area (Å²) in [5, 5.41) is 8.73. The summed E-state index contributed by atoms with van der Waals surface area (Å²) < 4.78 is 3.96. The van der Waals surface area contributed by atoms with E-state index in [1.54, 1.807) is 17.2 Å². The molecule has 0 aromatic carbocycles. The normalized spacial score (nSPS) is 20.6. The number of likely N-dealkylation sites (tertiary alicyclic amines) is 1. The van der Waals surface area contributed by atoms with Gasteiger partial charge in [0, 0.05) is 25.7 Å². The van der Waals surface area contributed by atoms with Crippen LogP contribution in [-0.2, 0) is 9.59 Å². The first-order valence-electron chi connectivity index (χ1n) is 6.74. The Balaban J connectivity index is 1.91. The van der Waals surface area contributed by atoms with E-state index in [0.717, 1.165) is 17.7 Å². The Morgan fingerprint density at radius 1 is 1.60 bits per heavy atom. The molecule has 20 heavy (non-hydrogen) atoms. The van der Waals surface area contributed by atoms with Gasteiger partial charge < -0.3 is 15.7 Å². The molecule has 2 unspecified atom stereocenters. The van der Waals surface area contributed by atoms with Crippen molar-refractivity contribution in [1.29, 1.82) is 0 Å². The highest BCUT2D eigenvalue weighted by Gasteiger charge is 2.28. The summed E-state index contributed by atoms with van der Waals surface area (Å²) >= 11 is 1.24. The first-order chi connectivity index (χ1) is 9.58. The zero-order chi connectivity index (χ0) is 14.5. The average Bonchev–Trinajstić information content (AvgIpc) is 2.98. The SMILES string of the molecule is NC(C(=O)N1CCCC(CCC(=O)O)C1)c1ccns1. The minimum Gasteiger partial charge on any atom is -0.481 e. The van der Waals surface area contributed by atoms with E-state index in [4.69, 9.17) is 10.8 Å². The molecule has 110 valence electrons. The van der Waals surface area contributed by atoms with Gasteiger partial charge in [-0.25, -0.2) is 4.37 Å². The molecule has 1 aromatic heterocycles. The van der Waals surface area contributed by atoms with Crippen molar-refractivity contribution in [1.82, 2.24) is 9.27 Å². The van der Waals surface area contributed by atoms with Crippen molar-refractivity contribution >= 4 is 23.4 Å². The Hall–Kier alpha value is -1.47. The number of amides is 1. The van der Waals surface area contributed by atoms with Crippen LogP contribution in [-0.4, -0.2) is 39.3 Å². The van der Waals surface area contributed by atoms with Gasteiger partial charge in [-0.2, -0.15) is 0 Å². The van der Waals surface area contributed by atoms with Gasteiger partial charge in [-0.05, 0) is 42.8 Å². The van der Waals surface area contributed by atoms with Gasteiger partial charge in [0.2, 0.25) is 5.91 Å². The topological polar surface area (TPSA) is 96.5 Å². The van der Waals surface area contributed by atoms with Gasteiger partial charge in [0.25, 0.3) is 0 Å². The van der Waals surface area contributed by atoms with Crippen molar-refractivity contribution in [3.8, 4) is 0 Å². The van der Waals surface area contributed by atoms with E-state index in [2.05, 4.69) is 4.37 Å². The maximum absolute atomic E-state index is 12.3. The molecule has 1 saturated heterocycles. The molecule has 0 radical (unpaired) electrons. The third kappa shape index (κ3) is 3.77. The largest absolute Gasteiger partial charge is 0.481 e. The molecule has 2 rings (SSSR count). The number of carboxylic acid groups (broad SMARTS) is 1. The fourth-order valence-electron chi connectivity index (χ4n) is 2.53. The molecule has 2 atom stereocenters. The lowest BCUT2D eigenvalue weighted by Crippen LogP contribution is -2.44. The van der Waals surface area contributed by atoms with Crippen LogP contribution in [0, 0.1) is 5.92 Å². The standard InChI is InChI=1S/C13H19N3O3S/c14-12(10-5-6-15-20-10)13(19)16-7-1-2-9(8-16)3-4-11(17)18/h5-6,9,12H,1-4,7-8,14H2,(H,17,18). The molecule has 1 amide bonds. The maximum atomic E-state index is 12.3. The molecular weight excluding hydrogens is 278 g/mol. The van der Waals surface area contributed by atoms with E-state index in [0.29, 0.717) is 19.5 Å². The summed E-state index contributed by atoms with van der Waals surface area (Å²) in [5.74, 6) is -0.610. The second-order valence-electron chi connectivity index (χ2n) is 5.12. The molecule has 1 aromatic rings. The zero-order valence-corrected chi connectivity index (χ0v) is 12.0. The molecule has 0 bridgehead atoms. The number of nitrogens with two attached hydrogens (primary N) is 1. The Kier molecular flexibility index (Phi) is 5.08.